The van der Waals surface area contributed by atoms with E-state index in [-0.39, 0.29) is 23.3 Å². The monoisotopic (exact) mass is 219 g/mol. The first-order chi connectivity index (χ1) is 7.61. The summed E-state index contributed by atoms with van der Waals surface area (Å²) in [4.78, 5) is 10.9. The lowest BCUT2D eigenvalue weighted by Crippen LogP contribution is -2.07. The molecule has 2 rings (SSSR count). The molecule has 0 amide bonds. The van der Waals surface area contributed by atoms with Crippen LogP contribution < -0.4 is 22.9 Å². The van der Waals surface area contributed by atoms with Gasteiger partial charge in [0.1, 0.15) is 5.69 Å². The molecular weight excluding hydrogens is 206 g/mol. The molecule has 0 saturated carbocycles. The van der Waals surface area contributed by atoms with Crippen LogP contribution in [-0.4, -0.2) is 15.0 Å². The Hall–Kier alpha value is -2.57. The van der Waals surface area contributed by atoms with Gasteiger partial charge in [0.15, 0.2) is 11.6 Å². The fourth-order valence-corrected chi connectivity index (χ4v) is 0.836. The molecule has 7 nitrogen and oxygen atoms in total. The molecule has 0 aromatic carbocycles. The average Bonchev–Trinajstić information content (AvgIpc) is 2.29. The van der Waals surface area contributed by atoms with Gasteiger partial charge in [-0.25, -0.2) is 0 Å². The first kappa shape index (κ1) is 11.5. The largest absolute Gasteiger partial charge is 0.393 e. The van der Waals surface area contributed by atoms with Crippen LogP contribution in [-0.2, 0) is 0 Å². The first-order valence-electron chi connectivity index (χ1n) is 4.40. The molecule has 16 heavy (non-hydrogen) atoms. The third-order valence-electron chi connectivity index (χ3n) is 1.59. The molecule has 0 fully saturated rings. The highest BCUT2D eigenvalue weighted by molar-refractivity contribution is 5.71. The Morgan fingerprint density at radius 1 is 0.750 bits per heavy atom. The standard InChI is InChI=1S/C5H5N.C4H8N6/c1-2-4-6-5-3-1;5-1-2(6)9-4(8)10-3(1)7/h1-5H;5H2,(H6,6,7,8,9,10). The van der Waals surface area contributed by atoms with Crippen molar-refractivity contribution in [2.75, 3.05) is 22.9 Å². The summed E-state index contributed by atoms with van der Waals surface area (Å²) >= 11 is 0. The zero-order chi connectivity index (χ0) is 12.0. The molecule has 0 unspecified atom stereocenters. The smallest absolute Gasteiger partial charge is 0.224 e. The summed E-state index contributed by atoms with van der Waals surface area (Å²) in [6.45, 7) is 0. The highest BCUT2D eigenvalue weighted by atomic mass is 15.1. The Bertz CT molecular complexity index is 393. The minimum Gasteiger partial charge on any atom is -0.393 e. The maximum absolute atomic E-state index is 5.32. The molecule has 2 heterocycles. The minimum atomic E-state index is 0.0317. The predicted molar refractivity (Wildman–Crippen MR) is 63.9 cm³/mol. The fourth-order valence-electron chi connectivity index (χ4n) is 0.836. The molecule has 0 aliphatic carbocycles. The Labute approximate surface area is 92.5 Å². The van der Waals surface area contributed by atoms with E-state index in [0.717, 1.165) is 0 Å². The average molecular weight is 219 g/mol. The highest BCUT2D eigenvalue weighted by Crippen LogP contribution is 2.17. The number of anilines is 4. The molecule has 0 saturated heterocycles. The van der Waals surface area contributed by atoms with E-state index in [1.54, 1.807) is 12.4 Å². The van der Waals surface area contributed by atoms with Gasteiger partial charge in [0.05, 0.1) is 0 Å². The maximum Gasteiger partial charge on any atom is 0.224 e. The van der Waals surface area contributed by atoms with Crippen molar-refractivity contribution in [1.82, 2.24) is 15.0 Å². The zero-order valence-electron chi connectivity index (χ0n) is 8.54. The van der Waals surface area contributed by atoms with Gasteiger partial charge in [0.2, 0.25) is 5.95 Å². The van der Waals surface area contributed by atoms with Crippen molar-refractivity contribution in [2.45, 2.75) is 0 Å². The third-order valence-corrected chi connectivity index (χ3v) is 1.59. The van der Waals surface area contributed by atoms with Gasteiger partial charge in [0, 0.05) is 12.4 Å². The van der Waals surface area contributed by atoms with E-state index in [1.165, 1.54) is 0 Å². The van der Waals surface area contributed by atoms with Crippen molar-refractivity contribution in [2.24, 2.45) is 0 Å². The molecule has 0 aliphatic heterocycles. The van der Waals surface area contributed by atoms with Gasteiger partial charge in [0.25, 0.3) is 0 Å². The van der Waals surface area contributed by atoms with Crippen LogP contribution in [0.4, 0.5) is 23.3 Å². The van der Waals surface area contributed by atoms with Crippen molar-refractivity contribution < 1.29 is 0 Å². The van der Waals surface area contributed by atoms with E-state index in [0.29, 0.717) is 0 Å². The van der Waals surface area contributed by atoms with Gasteiger partial charge in [-0.2, -0.15) is 9.97 Å². The Balaban J connectivity index is 0.000000181. The number of nitrogens with two attached hydrogens (primary N) is 4. The zero-order valence-corrected chi connectivity index (χ0v) is 8.54. The Morgan fingerprint density at radius 2 is 1.25 bits per heavy atom. The predicted octanol–water partition coefficient (Wildman–Crippen LogP) is -0.113. The lowest BCUT2D eigenvalue weighted by atomic mass is 10.4. The molecule has 8 N–H and O–H groups in total. The molecule has 84 valence electrons. The van der Waals surface area contributed by atoms with Gasteiger partial charge in [-0.1, -0.05) is 6.07 Å². The number of nitrogen functional groups attached to an aromatic ring is 4. The molecule has 0 aliphatic rings. The van der Waals surface area contributed by atoms with Crippen molar-refractivity contribution in [3.05, 3.63) is 30.6 Å². The highest BCUT2D eigenvalue weighted by Gasteiger charge is 2.02. The fraction of sp³-hybridized carbons (Fsp3) is 0. The second-order valence-electron chi connectivity index (χ2n) is 2.79. The van der Waals surface area contributed by atoms with Crippen LogP contribution in [0.5, 0.6) is 0 Å². The molecule has 0 atom stereocenters. The van der Waals surface area contributed by atoms with Crippen LogP contribution in [0.2, 0.25) is 0 Å². The van der Waals surface area contributed by atoms with E-state index in [9.17, 15) is 0 Å². The van der Waals surface area contributed by atoms with E-state index < -0.39 is 0 Å². The summed E-state index contributed by atoms with van der Waals surface area (Å²) in [5, 5.41) is 0. The van der Waals surface area contributed by atoms with E-state index >= 15 is 0 Å². The van der Waals surface area contributed by atoms with Crippen LogP contribution in [0.1, 0.15) is 0 Å². The summed E-state index contributed by atoms with van der Waals surface area (Å²) in [5.41, 5.74) is 21.3. The van der Waals surface area contributed by atoms with Gasteiger partial charge in [-0.3, -0.25) is 4.98 Å². The summed E-state index contributed by atoms with van der Waals surface area (Å²) in [7, 11) is 0. The van der Waals surface area contributed by atoms with Gasteiger partial charge < -0.3 is 22.9 Å². The molecular formula is C9H13N7. The van der Waals surface area contributed by atoms with E-state index in [2.05, 4.69) is 15.0 Å². The van der Waals surface area contributed by atoms with E-state index in [1.807, 2.05) is 18.2 Å². The molecule has 0 spiro atoms. The van der Waals surface area contributed by atoms with Crippen molar-refractivity contribution in [3.63, 3.8) is 0 Å². The van der Waals surface area contributed by atoms with Crippen LogP contribution in [0, 0.1) is 0 Å². The van der Waals surface area contributed by atoms with Gasteiger partial charge in [-0.15, -0.1) is 0 Å². The molecule has 2 aromatic rings. The summed E-state index contributed by atoms with van der Waals surface area (Å²) < 4.78 is 0. The van der Waals surface area contributed by atoms with Crippen LogP contribution in [0.25, 0.3) is 0 Å². The first-order valence-corrected chi connectivity index (χ1v) is 4.40. The molecule has 0 bridgehead atoms. The molecule has 0 radical (unpaired) electrons. The number of nitrogens with zero attached hydrogens (tertiary/aromatic N) is 3. The Morgan fingerprint density at radius 3 is 1.56 bits per heavy atom. The summed E-state index contributed by atoms with van der Waals surface area (Å²) in [6.07, 6.45) is 3.50. The molecule has 2 aromatic heterocycles. The maximum atomic E-state index is 5.32. The third kappa shape index (κ3) is 3.29. The van der Waals surface area contributed by atoms with Crippen molar-refractivity contribution >= 4 is 23.3 Å². The summed E-state index contributed by atoms with van der Waals surface area (Å²) in [5.74, 6) is 0.263. The molecule has 7 heteroatoms. The SMILES string of the molecule is Nc1nc(N)c(N)c(N)n1.c1ccncc1. The second kappa shape index (κ2) is 5.35. The lowest BCUT2D eigenvalue weighted by Gasteiger charge is -2.01. The Kier molecular flexibility index (Phi) is 3.84. The normalized spacial score (nSPS) is 9.00. The van der Waals surface area contributed by atoms with Gasteiger partial charge in [-0.05, 0) is 12.1 Å². The topological polar surface area (TPSA) is 143 Å². The van der Waals surface area contributed by atoms with Gasteiger partial charge >= 0.3 is 0 Å². The second-order valence-corrected chi connectivity index (χ2v) is 2.79. The number of rotatable bonds is 0. The number of hydrogen-bond acceptors (Lipinski definition) is 7. The van der Waals surface area contributed by atoms with Crippen molar-refractivity contribution in [1.29, 1.82) is 0 Å². The quantitative estimate of drug-likeness (QED) is 0.483. The van der Waals surface area contributed by atoms with Crippen LogP contribution in [0.3, 0.4) is 0 Å². The van der Waals surface area contributed by atoms with Crippen LogP contribution in [0.15, 0.2) is 30.6 Å². The van der Waals surface area contributed by atoms with E-state index in [4.69, 9.17) is 22.9 Å². The van der Waals surface area contributed by atoms with Crippen LogP contribution >= 0.6 is 0 Å². The number of aromatic nitrogens is 3. The number of pyridine rings is 1. The summed E-state index contributed by atoms with van der Waals surface area (Å²) in [6, 6.07) is 5.72. The van der Waals surface area contributed by atoms with Crippen molar-refractivity contribution in [3.8, 4) is 0 Å². The lowest BCUT2D eigenvalue weighted by molar-refractivity contribution is 1.21. The number of hydrogen-bond donors (Lipinski definition) is 4. The minimum absolute atomic E-state index is 0.0317.